The number of rotatable bonds is 3. The minimum atomic E-state index is 0.0447. The van der Waals surface area contributed by atoms with Gasteiger partial charge in [-0.1, -0.05) is 11.6 Å². The van der Waals surface area contributed by atoms with Gasteiger partial charge in [-0.25, -0.2) is 9.97 Å². The van der Waals surface area contributed by atoms with Gasteiger partial charge >= 0.3 is 0 Å². The zero-order valence-corrected chi connectivity index (χ0v) is 10.8. The van der Waals surface area contributed by atoms with Crippen LogP contribution in [0.3, 0.4) is 0 Å². The Morgan fingerprint density at radius 3 is 2.76 bits per heavy atom. The quantitative estimate of drug-likeness (QED) is 0.891. The third-order valence-electron chi connectivity index (χ3n) is 2.65. The minimum Gasteiger partial charge on any atom is -0.376 e. The first kappa shape index (κ1) is 12.5. The number of hydrogen-bond donors (Lipinski definition) is 1. The van der Waals surface area contributed by atoms with E-state index in [9.17, 15) is 0 Å². The summed E-state index contributed by atoms with van der Waals surface area (Å²) < 4.78 is 10.8. The van der Waals surface area contributed by atoms with Crippen LogP contribution < -0.4 is 5.32 Å². The number of anilines is 1. The van der Waals surface area contributed by atoms with Crippen molar-refractivity contribution in [2.45, 2.75) is 20.0 Å². The normalized spacial score (nSPS) is 20.3. The van der Waals surface area contributed by atoms with Crippen molar-refractivity contribution in [3.8, 4) is 0 Å². The van der Waals surface area contributed by atoms with Crippen molar-refractivity contribution < 1.29 is 9.47 Å². The number of hydrogen-bond acceptors (Lipinski definition) is 5. The molecule has 94 valence electrons. The molecule has 0 aliphatic carbocycles. The fraction of sp³-hybridized carbons (Fsp3) is 0.636. The average molecular weight is 258 g/mol. The van der Waals surface area contributed by atoms with Gasteiger partial charge in [0.05, 0.1) is 37.3 Å². The molecule has 1 aliphatic heterocycles. The molecule has 17 heavy (non-hydrogen) atoms. The van der Waals surface area contributed by atoms with Crippen LogP contribution in [0.1, 0.15) is 11.4 Å². The maximum absolute atomic E-state index is 6.01. The molecule has 6 heteroatoms. The Morgan fingerprint density at radius 2 is 2.06 bits per heavy atom. The summed E-state index contributed by atoms with van der Waals surface area (Å²) in [4.78, 5) is 8.56. The van der Waals surface area contributed by atoms with E-state index in [1.807, 2.05) is 13.8 Å². The Kier molecular flexibility index (Phi) is 4.15. The van der Waals surface area contributed by atoms with Gasteiger partial charge in [0.15, 0.2) is 11.0 Å². The molecule has 1 unspecified atom stereocenters. The monoisotopic (exact) mass is 257 g/mol. The second-order valence-electron chi connectivity index (χ2n) is 3.98. The van der Waals surface area contributed by atoms with Crippen LogP contribution in [-0.4, -0.2) is 42.4 Å². The highest BCUT2D eigenvalue weighted by atomic mass is 35.5. The van der Waals surface area contributed by atoms with Crippen molar-refractivity contribution in [1.29, 1.82) is 0 Å². The maximum atomic E-state index is 6.01. The van der Waals surface area contributed by atoms with Crippen LogP contribution >= 0.6 is 11.6 Å². The third kappa shape index (κ3) is 3.28. The fourth-order valence-electron chi connectivity index (χ4n) is 1.55. The van der Waals surface area contributed by atoms with Gasteiger partial charge in [-0.2, -0.15) is 0 Å². The lowest BCUT2D eigenvalue weighted by Crippen LogP contribution is -2.34. The minimum absolute atomic E-state index is 0.0447. The highest BCUT2D eigenvalue weighted by molar-refractivity contribution is 6.31. The van der Waals surface area contributed by atoms with Crippen molar-refractivity contribution in [1.82, 2.24) is 9.97 Å². The third-order valence-corrected chi connectivity index (χ3v) is 2.91. The molecule has 0 aromatic carbocycles. The number of nitrogens with zero attached hydrogens (tertiary/aromatic N) is 2. The molecule has 2 rings (SSSR count). The Balaban J connectivity index is 1.96. The molecule has 0 bridgehead atoms. The molecule has 0 saturated carbocycles. The van der Waals surface area contributed by atoms with Gasteiger partial charge < -0.3 is 14.8 Å². The van der Waals surface area contributed by atoms with Crippen LogP contribution in [0.15, 0.2) is 0 Å². The van der Waals surface area contributed by atoms with Crippen molar-refractivity contribution in [3.05, 3.63) is 16.5 Å². The van der Waals surface area contributed by atoms with Crippen LogP contribution in [0.25, 0.3) is 0 Å². The van der Waals surface area contributed by atoms with E-state index in [-0.39, 0.29) is 6.10 Å². The molecule has 0 amide bonds. The lowest BCUT2D eigenvalue weighted by Gasteiger charge is -2.23. The Morgan fingerprint density at radius 1 is 1.29 bits per heavy atom. The lowest BCUT2D eigenvalue weighted by atomic mass is 10.3. The summed E-state index contributed by atoms with van der Waals surface area (Å²) in [6.07, 6.45) is 0.0447. The highest BCUT2D eigenvalue weighted by Gasteiger charge is 2.15. The van der Waals surface area contributed by atoms with Crippen molar-refractivity contribution in [2.24, 2.45) is 0 Å². The molecular formula is C11H16ClN3O2. The van der Waals surface area contributed by atoms with E-state index in [0.717, 1.165) is 11.4 Å². The van der Waals surface area contributed by atoms with Gasteiger partial charge in [0.25, 0.3) is 0 Å². The zero-order chi connectivity index (χ0) is 12.3. The average Bonchev–Trinajstić information content (AvgIpc) is 2.33. The Hall–Kier alpha value is -0.910. The van der Waals surface area contributed by atoms with E-state index in [0.29, 0.717) is 37.3 Å². The van der Waals surface area contributed by atoms with Crippen LogP contribution in [-0.2, 0) is 9.47 Å². The highest BCUT2D eigenvalue weighted by Crippen LogP contribution is 2.18. The molecule has 1 aromatic heterocycles. The number of halogens is 1. The van der Waals surface area contributed by atoms with Gasteiger partial charge in [0, 0.05) is 6.54 Å². The summed E-state index contributed by atoms with van der Waals surface area (Å²) in [6, 6.07) is 0. The molecule has 1 aliphatic rings. The molecule has 1 fully saturated rings. The molecule has 2 heterocycles. The van der Waals surface area contributed by atoms with Gasteiger partial charge in [0.2, 0.25) is 0 Å². The zero-order valence-electron chi connectivity index (χ0n) is 9.99. The molecular weight excluding hydrogens is 242 g/mol. The summed E-state index contributed by atoms with van der Waals surface area (Å²) in [6.45, 7) is 6.32. The lowest BCUT2D eigenvalue weighted by molar-refractivity contribution is -0.0819. The van der Waals surface area contributed by atoms with Crippen LogP contribution in [0, 0.1) is 13.8 Å². The topological polar surface area (TPSA) is 56.3 Å². The van der Waals surface area contributed by atoms with E-state index in [1.54, 1.807) is 0 Å². The van der Waals surface area contributed by atoms with Crippen molar-refractivity contribution in [2.75, 3.05) is 31.7 Å². The number of aryl methyl sites for hydroxylation is 2. The van der Waals surface area contributed by atoms with Crippen LogP contribution in [0.5, 0.6) is 0 Å². The fourth-order valence-corrected chi connectivity index (χ4v) is 1.79. The molecule has 1 saturated heterocycles. The summed E-state index contributed by atoms with van der Waals surface area (Å²) >= 11 is 6.01. The van der Waals surface area contributed by atoms with Gasteiger partial charge in [0.1, 0.15) is 0 Å². The first-order valence-electron chi connectivity index (χ1n) is 5.61. The predicted molar refractivity (Wildman–Crippen MR) is 65.6 cm³/mol. The smallest absolute Gasteiger partial charge is 0.171 e. The predicted octanol–water partition coefficient (Wildman–Crippen LogP) is 1.57. The molecule has 1 atom stereocenters. The maximum Gasteiger partial charge on any atom is 0.171 e. The van der Waals surface area contributed by atoms with Gasteiger partial charge in [-0.3, -0.25) is 0 Å². The second kappa shape index (κ2) is 5.62. The van der Waals surface area contributed by atoms with Crippen LogP contribution in [0.2, 0.25) is 5.15 Å². The molecule has 0 radical (unpaired) electrons. The van der Waals surface area contributed by atoms with E-state index in [1.165, 1.54) is 0 Å². The molecule has 1 N–H and O–H groups in total. The number of ether oxygens (including phenoxy) is 2. The standard InChI is InChI=1S/C11H16ClN3O2/c1-7-8(2)15-11(10(12)14-7)13-5-9-6-16-3-4-17-9/h9H,3-6H2,1-2H3,(H,13,15). The number of nitrogens with one attached hydrogen (secondary N) is 1. The summed E-state index contributed by atoms with van der Waals surface area (Å²) in [5.41, 5.74) is 1.72. The molecule has 5 nitrogen and oxygen atoms in total. The van der Waals surface area contributed by atoms with Crippen molar-refractivity contribution in [3.63, 3.8) is 0 Å². The Labute approximate surface area is 105 Å². The van der Waals surface area contributed by atoms with Crippen LogP contribution in [0.4, 0.5) is 5.82 Å². The summed E-state index contributed by atoms with van der Waals surface area (Å²) in [5, 5.41) is 3.53. The first-order chi connectivity index (χ1) is 8.16. The van der Waals surface area contributed by atoms with Gasteiger partial charge in [-0.15, -0.1) is 0 Å². The molecule has 1 aromatic rings. The van der Waals surface area contributed by atoms with E-state index >= 15 is 0 Å². The first-order valence-corrected chi connectivity index (χ1v) is 5.98. The van der Waals surface area contributed by atoms with E-state index < -0.39 is 0 Å². The number of aromatic nitrogens is 2. The Bertz CT molecular complexity index is 395. The molecule has 0 spiro atoms. The summed E-state index contributed by atoms with van der Waals surface area (Å²) in [5.74, 6) is 0.601. The summed E-state index contributed by atoms with van der Waals surface area (Å²) in [7, 11) is 0. The van der Waals surface area contributed by atoms with E-state index in [2.05, 4.69) is 15.3 Å². The second-order valence-corrected chi connectivity index (χ2v) is 4.34. The van der Waals surface area contributed by atoms with Gasteiger partial charge in [-0.05, 0) is 13.8 Å². The largest absolute Gasteiger partial charge is 0.376 e. The van der Waals surface area contributed by atoms with Crippen molar-refractivity contribution >= 4 is 17.4 Å². The SMILES string of the molecule is Cc1nc(Cl)c(NCC2COCCO2)nc1C. The van der Waals surface area contributed by atoms with E-state index in [4.69, 9.17) is 21.1 Å².